The smallest absolute Gasteiger partial charge is 0.0929 e. The molecule has 0 amide bonds. The van der Waals surface area contributed by atoms with Crippen molar-refractivity contribution < 1.29 is 0 Å². The van der Waals surface area contributed by atoms with Gasteiger partial charge in [-0.1, -0.05) is 102 Å². The molecule has 1 aromatic heterocycles. The Morgan fingerprint density at radius 3 is 2.00 bits per heavy atom. The molecule has 0 bridgehead atoms. The number of benzene rings is 1. The Morgan fingerprint density at radius 2 is 1.37 bits per heavy atom. The molecule has 2 aromatic rings. The van der Waals surface area contributed by atoms with Gasteiger partial charge in [0.05, 0.1) is 11.4 Å². The van der Waals surface area contributed by atoms with Crippen LogP contribution < -0.4 is 0 Å². The van der Waals surface area contributed by atoms with Crippen molar-refractivity contribution in [3.05, 3.63) is 47.7 Å². The highest BCUT2D eigenvalue weighted by atomic mass is 15.1. The van der Waals surface area contributed by atoms with E-state index in [4.69, 9.17) is 0 Å². The summed E-state index contributed by atoms with van der Waals surface area (Å²) in [5, 5.41) is 8.84. The number of rotatable bonds is 12. The van der Waals surface area contributed by atoms with Crippen LogP contribution in [-0.2, 0) is 12.8 Å². The molecular formula is C28H42N2. The van der Waals surface area contributed by atoms with Crippen molar-refractivity contribution in [2.45, 2.75) is 104 Å². The molecule has 2 nitrogen and oxygen atoms in total. The average molecular weight is 407 g/mol. The van der Waals surface area contributed by atoms with Gasteiger partial charge in [-0.3, -0.25) is 0 Å². The minimum absolute atomic E-state index is 0.943. The van der Waals surface area contributed by atoms with Crippen LogP contribution in [0.15, 0.2) is 36.4 Å². The Hall–Kier alpha value is -1.70. The summed E-state index contributed by atoms with van der Waals surface area (Å²) in [5.74, 6) is 1.96. The first-order chi connectivity index (χ1) is 14.8. The molecule has 1 heterocycles. The molecule has 0 radical (unpaired) electrons. The summed E-state index contributed by atoms with van der Waals surface area (Å²) in [4.78, 5) is 0. The molecule has 1 aliphatic carbocycles. The van der Waals surface area contributed by atoms with Crippen molar-refractivity contribution in [3.8, 4) is 11.3 Å². The van der Waals surface area contributed by atoms with E-state index >= 15 is 0 Å². The van der Waals surface area contributed by atoms with E-state index in [1.807, 2.05) is 0 Å². The molecular weight excluding hydrogens is 364 g/mol. The van der Waals surface area contributed by atoms with Gasteiger partial charge >= 0.3 is 0 Å². The van der Waals surface area contributed by atoms with E-state index < -0.39 is 0 Å². The van der Waals surface area contributed by atoms with Crippen LogP contribution in [0.25, 0.3) is 11.3 Å². The van der Waals surface area contributed by atoms with E-state index in [2.05, 4.69) is 60.4 Å². The molecule has 2 heteroatoms. The molecule has 0 spiro atoms. The second-order valence-electron chi connectivity index (χ2n) is 9.49. The summed E-state index contributed by atoms with van der Waals surface area (Å²) in [7, 11) is 0. The summed E-state index contributed by atoms with van der Waals surface area (Å²) in [6.07, 6.45) is 19.0. The summed E-state index contributed by atoms with van der Waals surface area (Å²) >= 11 is 0. The molecule has 1 fully saturated rings. The first-order valence-electron chi connectivity index (χ1n) is 12.7. The van der Waals surface area contributed by atoms with Crippen LogP contribution in [-0.4, -0.2) is 10.2 Å². The third kappa shape index (κ3) is 7.52. The van der Waals surface area contributed by atoms with E-state index in [0.29, 0.717) is 0 Å². The molecule has 0 aliphatic heterocycles. The number of unbranched alkanes of at least 4 members (excludes halogenated alkanes) is 4. The zero-order chi connectivity index (χ0) is 21.0. The van der Waals surface area contributed by atoms with Crippen LogP contribution in [0, 0.1) is 11.8 Å². The second-order valence-corrected chi connectivity index (χ2v) is 9.49. The van der Waals surface area contributed by atoms with Crippen LogP contribution >= 0.6 is 0 Å². The van der Waals surface area contributed by atoms with E-state index in [9.17, 15) is 0 Å². The van der Waals surface area contributed by atoms with Gasteiger partial charge < -0.3 is 0 Å². The predicted octanol–water partition coefficient (Wildman–Crippen LogP) is 8.20. The normalized spacial score (nSPS) is 19.1. The Morgan fingerprint density at radius 1 is 0.667 bits per heavy atom. The summed E-state index contributed by atoms with van der Waals surface area (Å²) in [6.45, 7) is 4.52. The van der Waals surface area contributed by atoms with E-state index in [0.717, 1.165) is 29.6 Å². The Balaban J connectivity index is 1.39. The zero-order valence-electron chi connectivity index (χ0n) is 19.4. The van der Waals surface area contributed by atoms with Crippen LogP contribution in [0.5, 0.6) is 0 Å². The summed E-state index contributed by atoms with van der Waals surface area (Å²) < 4.78 is 0. The number of aryl methyl sites for hydroxylation is 2. The minimum atomic E-state index is 0.943. The molecule has 0 unspecified atom stereocenters. The van der Waals surface area contributed by atoms with E-state index in [-0.39, 0.29) is 0 Å². The van der Waals surface area contributed by atoms with Crippen LogP contribution in [0.1, 0.15) is 102 Å². The van der Waals surface area contributed by atoms with Gasteiger partial charge in [0, 0.05) is 5.56 Å². The van der Waals surface area contributed by atoms with Crippen molar-refractivity contribution >= 4 is 0 Å². The third-order valence-corrected chi connectivity index (χ3v) is 7.03. The quantitative estimate of drug-likeness (QED) is 0.332. The largest absolute Gasteiger partial charge is 0.155 e. The van der Waals surface area contributed by atoms with Gasteiger partial charge in [0.25, 0.3) is 0 Å². The van der Waals surface area contributed by atoms with Crippen LogP contribution in [0.4, 0.5) is 0 Å². The van der Waals surface area contributed by atoms with Crippen molar-refractivity contribution in [3.63, 3.8) is 0 Å². The standard InChI is InChI=1S/C28H42N2/c1-3-5-7-8-9-23-11-13-24(14-12-23)15-16-25-17-19-26(20-18-25)28-22-21-27(29-30-28)10-6-4-2/h17-24H,3-16H2,1-2H3. The molecule has 1 aliphatic rings. The fourth-order valence-corrected chi connectivity index (χ4v) is 4.89. The highest BCUT2D eigenvalue weighted by Gasteiger charge is 2.20. The maximum Gasteiger partial charge on any atom is 0.0929 e. The third-order valence-electron chi connectivity index (χ3n) is 7.03. The van der Waals surface area contributed by atoms with Crippen LogP contribution in [0.3, 0.4) is 0 Å². The topological polar surface area (TPSA) is 25.8 Å². The molecule has 30 heavy (non-hydrogen) atoms. The van der Waals surface area contributed by atoms with Gasteiger partial charge in [0.1, 0.15) is 0 Å². The molecule has 0 saturated heterocycles. The van der Waals surface area contributed by atoms with Crippen LogP contribution in [0.2, 0.25) is 0 Å². The lowest BCUT2D eigenvalue weighted by molar-refractivity contribution is 0.249. The molecule has 1 aromatic carbocycles. The minimum Gasteiger partial charge on any atom is -0.155 e. The van der Waals surface area contributed by atoms with Crippen molar-refractivity contribution in [1.29, 1.82) is 0 Å². The first kappa shape index (κ1) is 23.0. The number of aromatic nitrogens is 2. The zero-order valence-corrected chi connectivity index (χ0v) is 19.4. The molecule has 1 saturated carbocycles. The first-order valence-corrected chi connectivity index (χ1v) is 12.7. The highest BCUT2D eigenvalue weighted by molar-refractivity contribution is 5.58. The van der Waals surface area contributed by atoms with Crippen molar-refractivity contribution in [1.82, 2.24) is 10.2 Å². The number of nitrogens with zero attached hydrogens (tertiary/aromatic N) is 2. The lowest BCUT2D eigenvalue weighted by atomic mass is 9.77. The van der Waals surface area contributed by atoms with Gasteiger partial charge in [-0.15, -0.1) is 0 Å². The Kier molecular flexibility index (Phi) is 9.86. The Bertz CT molecular complexity index is 696. The Labute approximate surface area is 184 Å². The number of hydrogen-bond acceptors (Lipinski definition) is 2. The fraction of sp³-hybridized carbons (Fsp3) is 0.643. The second kappa shape index (κ2) is 12.9. The molecule has 164 valence electrons. The lowest BCUT2D eigenvalue weighted by Crippen LogP contribution is -2.15. The monoisotopic (exact) mass is 406 g/mol. The van der Waals surface area contributed by atoms with Crippen molar-refractivity contribution in [2.24, 2.45) is 11.8 Å². The van der Waals surface area contributed by atoms with E-state index in [1.54, 1.807) is 0 Å². The molecule has 0 N–H and O–H groups in total. The fourth-order valence-electron chi connectivity index (χ4n) is 4.89. The van der Waals surface area contributed by atoms with Gasteiger partial charge in [-0.05, 0) is 55.2 Å². The van der Waals surface area contributed by atoms with Crippen molar-refractivity contribution in [2.75, 3.05) is 0 Å². The van der Waals surface area contributed by atoms with Gasteiger partial charge in [0.15, 0.2) is 0 Å². The maximum atomic E-state index is 4.44. The molecule has 0 atom stereocenters. The summed E-state index contributed by atoms with van der Waals surface area (Å²) in [5.41, 5.74) is 4.73. The predicted molar refractivity (Wildman–Crippen MR) is 129 cm³/mol. The van der Waals surface area contributed by atoms with Gasteiger partial charge in [0.2, 0.25) is 0 Å². The number of hydrogen-bond donors (Lipinski definition) is 0. The average Bonchev–Trinajstić information content (AvgIpc) is 2.81. The van der Waals surface area contributed by atoms with E-state index in [1.165, 1.54) is 94.6 Å². The maximum absolute atomic E-state index is 4.44. The van der Waals surface area contributed by atoms with Gasteiger partial charge in [-0.25, -0.2) is 0 Å². The SMILES string of the molecule is CCCCCCC1CCC(CCc2ccc(-c3ccc(CCCC)nn3)cc2)CC1. The molecule has 3 rings (SSSR count). The summed E-state index contributed by atoms with van der Waals surface area (Å²) in [6, 6.07) is 13.3. The highest BCUT2D eigenvalue weighted by Crippen LogP contribution is 2.34. The van der Waals surface area contributed by atoms with Gasteiger partial charge in [-0.2, -0.15) is 10.2 Å². The lowest BCUT2D eigenvalue weighted by Gasteiger charge is -2.28.